The Balaban J connectivity index is 1.25. The van der Waals surface area contributed by atoms with E-state index in [2.05, 4.69) is 17.0 Å². The van der Waals surface area contributed by atoms with E-state index in [0.717, 1.165) is 17.8 Å². The summed E-state index contributed by atoms with van der Waals surface area (Å²) >= 11 is 0. The molecule has 1 N–H and O–H groups in total. The van der Waals surface area contributed by atoms with Gasteiger partial charge in [0, 0.05) is 25.0 Å². The molecule has 1 heterocycles. The molecule has 1 atom stereocenters. The number of carbonyl (C=O) groups is 2. The lowest BCUT2D eigenvalue weighted by molar-refractivity contribution is -0.162. The van der Waals surface area contributed by atoms with Gasteiger partial charge in [-0.25, -0.2) is 4.79 Å². The van der Waals surface area contributed by atoms with Gasteiger partial charge in [0.15, 0.2) is 6.61 Å². The van der Waals surface area contributed by atoms with Crippen molar-refractivity contribution in [3.8, 4) is 0 Å². The first kappa shape index (κ1) is 20.8. The van der Waals surface area contributed by atoms with Gasteiger partial charge in [-0.2, -0.15) is 13.2 Å². The molecule has 5 rings (SSSR count). The van der Waals surface area contributed by atoms with Crippen molar-refractivity contribution in [2.75, 3.05) is 19.7 Å². The van der Waals surface area contributed by atoms with E-state index in [1.54, 1.807) is 0 Å². The van der Waals surface area contributed by atoms with E-state index in [1.165, 1.54) is 43.4 Å². The molecule has 4 aliphatic carbocycles. The lowest BCUT2D eigenvalue weighted by Crippen LogP contribution is -2.57. The topological polar surface area (TPSA) is 58.6 Å². The van der Waals surface area contributed by atoms with Crippen LogP contribution in [0.1, 0.15) is 58.3 Å². The number of piperidine rings is 1. The SMILES string of the molecule is CC(NC(=O)C1CCN(C(=O)OCC(F)(F)F)CC1)C12CC3CC(CC(C3)C1)C2. The summed E-state index contributed by atoms with van der Waals surface area (Å²) in [6, 6.07) is 0.151. The fourth-order valence-electron chi connectivity index (χ4n) is 6.75. The number of ether oxygens (including phenoxy) is 1. The summed E-state index contributed by atoms with van der Waals surface area (Å²) in [4.78, 5) is 25.9. The van der Waals surface area contributed by atoms with Crippen molar-refractivity contribution in [2.24, 2.45) is 29.1 Å². The number of hydrogen-bond acceptors (Lipinski definition) is 3. The maximum atomic E-state index is 12.8. The Morgan fingerprint density at radius 3 is 2.07 bits per heavy atom. The minimum absolute atomic E-state index is 0.0246. The molecular weight excluding hydrogens is 385 g/mol. The Kier molecular flexibility index (Phi) is 5.49. The van der Waals surface area contributed by atoms with Gasteiger partial charge in [0.05, 0.1) is 0 Å². The second-order valence-corrected chi connectivity index (χ2v) is 9.94. The highest BCUT2D eigenvalue weighted by Gasteiger charge is 2.53. The third-order valence-corrected chi connectivity index (χ3v) is 7.85. The zero-order valence-corrected chi connectivity index (χ0v) is 17.0. The fraction of sp³-hybridized carbons (Fsp3) is 0.905. The zero-order chi connectivity index (χ0) is 20.8. The highest BCUT2D eigenvalue weighted by atomic mass is 19.4. The molecule has 0 aromatic heterocycles. The van der Waals surface area contributed by atoms with Crippen LogP contribution >= 0.6 is 0 Å². The number of alkyl halides is 3. The molecule has 1 aliphatic heterocycles. The van der Waals surface area contributed by atoms with E-state index < -0.39 is 18.9 Å². The molecule has 29 heavy (non-hydrogen) atoms. The molecule has 0 aromatic carbocycles. The Labute approximate surface area is 169 Å². The average molecular weight is 416 g/mol. The van der Waals surface area contributed by atoms with Gasteiger partial charge in [0.25, 0.3) is 0 Å². The molecule has 0 aromatic rings. The monoisotopic (exact) mass is 416 g/mol. The van der Waals surface area contributed by atoms with E-state index in [0.29, 0.717) is 12.8 Å². The number of nitrogens with zero attached hydrogens (tertiary/aromatic N) is 1. The summed E-state index contributed by atoms with van der Waals surface area (Å²) in [6.45, 7) is 1.07. The number of rotatable bonds is 4. The van der Waals surface area contributed by atoms with E-state index in [9.17, 15) is 22.8 Å². The van der Waals surface area contributed by atoms with Gasteiger partial charge in [-0.15, -0.1) is 0 Å². The molecule has 5 nitrogen and oxygen atoms in total. The largest absolute Gasteiger partial charge is 0.440 e. The summed E-state index contributed by atoms with van der Waals surface area (Å²) in [6.07, 6.45) is 3.21. The van der Waals surface area contributed by atoms with Crippen LogP contribution in [-0.2, 0) is 9.53 Å². The molecular formula is C21H31F3N2O3. The maximum absolute atomic E-state index is 12.8. The minimum Gasteiger partial charge on any atom is -0.440 e. The van der Waals surface area contributed by atoms with Crippen LogP contribution in [-0.4, -0.2) is 48.8 Å². The Morgan fingerprint density at radius 2 is 1.59 bits per heavy atom. The van der Waals surface area contributed by atoms with Gasteiger partial charge < -0.3 is 15.0 Å². The molecule has 1 unspecified atom stereocenters. The van der Waals surface area contributed by atoms with Crippen molar-refractivity contribution in [3.05, 3.63) is 0 Å². The summed E-state index contributed by atoms with van der Waals surface area (Å²) in [7, 11) is 0. The van der Waals surface area contributed by atoms with Crippen LogP contribution in [0.4, 0.5) is 18.0 Å². The molecule has 2 amide bonds. The highest BCUT2D eigenvalue weighted by Crippen LogP contribution is 2.61. The van der Waals surface area contributed by atoms with Crippen LogP contribution < -0.4 is 5.32 Å². The van der Waals surface area contributed by atoms with E-state index in [-0.39, 0.29) is 36.4 Å². The first-order valence-electron chi connectivity index (χ1n) is 10.9. The second kappa shape index (κ2) is 7.65. The third kappa shape index (κ3) is 4.50. The van der Waals surface area contributed by atoms with E-state index in [4.69, 9.17) is 0 Å². The quantitative estimate of drug-likeness (QED) is 0.750. The van der Waals surface area contributed by atoms with Crippen molar-refractivity contribution in [2.45, 2.75) is 70.5 Å². The van der Waals surface area contributed by atoms with Gasteiger partial charge in [-0.05, 0) is 81.5 Å². The van der Waals surface area contributed by atoms with Gasteiger partial charge in [0.1, 0.15) is 0 Å². The lowest BCUT2D eigenvalue weighted by Gasteiger charge is -2.59. The number of halogens is 3. The Bertz CT molecular complexity index is 608. The predicted octanol–water partition coefficient (Wildman–Crippen LogP) is 4.12. The molecule has 0 spiro atoms. The molecule has 8 heteroatoms. The van der Waals surface area contributed by atoms with E-state index >= 15 is 0 Å². The zero-order valence-electron chi connectivity index (χ0n) is 17.0. The van der Waals surface area contributed by atoms with Gasteiger partial charge >= 0.3 is 12.3 Å². The number of amides is 2. The molecule has 4 saturated carbocycles. The Hall–Kier alpha value is -1.47. The lowest BCUT2D eigenvalue weighted by atomic mass is 9.48. The summed E-state index contributed by atoms with van der Waals surface area (Å²) < 4.78 is 40.9. The number of carbonyl (C=O) groups excluding carboxylic acids is 2. The maximum Gasteiger partial charge on any atom is 0.422 e. The van der Waals surface area contributed by atoms with Crippen LogP contribution in [0.25, 0.3) is 0 Å². The van der Waals surface area contributed by atoms with Crippen LogP contribution in [0.3, 0.4) is 0 Å². The van der Waals surface area contributed by atoms with Crippen LogP contribution in [0, 0.1) is 29.1 Å². The van der Waals surface area contributed by atoms with Crippen molar-refractivity contribution < 1.29 is 27.5 Å². The highest BCUT2D eigenvalue weighted by molar-refractivity contribution is 5.79. The number of nitrogens with one attached hydrogen (secondary N) is 1. The fourth-order valence-corrected chi connectivity index (χ4v) is 6.75. The molecule has 0 radical (unpaired) electrons. The van der Waals surface area contributed by atoms with Gasteiger partial charge in [-0.3, -0.25) is 4.79 Å². The molecule has 1 saturated heterocycles. The standard InChI is InChI=1S/C21H31F3N2O3/c1-13(20-9-14-6-15(10-20)8-16(7-14)11-20)25-18(27)17-2-4-26(5-3-17)19(28)29-12-21(22,23)24/h13-17H,2-12H2,1H3,(H,25,27). The van der Waals surface area contributed by atoms with Crippen molar-refractivity contribution in [1.29, 1.82) is 0 Å². The van der Waals surface area contributed by atoms with Crippen molar-refractivity contribution in [3.63, 3.8) is 0 Å². The second-order valence-electron chi connectivity index (χ2n) is 9.94. The van der Waals surface area contributed by atoms with Crippen LogP contribution in [0.15, 0.2) is 0 Å². The summed E-state index contributed by atoms with van der Waals surface area (Å²) in [5, 5.41) is 3.27. The minimum atomic E-state index is -4.53. The molecule has 164 valence electrons. The number of hydrogen-bond donors (Lipinski definition) is 1. The van der Waals surface area contributed by atoms with Crippen molar-refractivity contribution in [1.82, 2.24) is 10.2 Å². The molecule has 5 fully saturated rings. The predicted molar refractivity (Wildman–Crippen MR) is 99.9 cm³/mol. The summed E-state index contributed by atoms with van der Waals surface area (Å²) in [5.74, 6) is 2.30. The Morgan fingerprint density at radius 1 is 1.07 bits per heavy atom. The normalized spacial score (nSPS) is 35.4. The van der Waals surface area contributed by atoms with E-state index in [1.807, 2.05) is 0 Å². The smallest absolute Gasteiger partial charge is 0.422 e. The summed E-state index contributed by atoms with van der Waals surface area (Å²) in [5.41, 5.74) is 0.243. The first-order chi connectivity index (χ1) is 13.6. The van der Waals surface area contributed by atoms with Gasteiger partial charge in [0.2, 0.25) is 5.91 Å². The third-order valence-electron chi connectivity index (χ3n) is 7.85. The number of likely N-dealkylation sites (tertiary alicyclic amines) is 1. The van der Waals surface area contributed by atoms with Crippen molar-refractivity contribution >= 4 is 12.0 Å². The van der Waals surface area contributed by atoms with Gasteiger partial charge in [-0.1, -0.05) is 0 Å². The average Bonchev–Trinajstić information content (AvgIpc) is 2.64. The first-order valence-corrected chi connectivity index (χ1v) is 10.9. The van der Waals surface area contributed by atoms with Crippen LogP contribution in [0.5, 0.6) is 0 Å². The molecule has 5 aliphatic rings. The van der Waals surface area contributed by atoms with Crippen LogP contribution in [0.2, 0.25) is 0 Å². The molecule has 4 bridgehead atoms.